The summed E-state index contributed by atoms with van der Waals surface area (Å²) in [6.07, 6.45) is 0. The maximum atomic E-state index is 12.9. The molecule has 0 radical (unpaired) electrons. The molecule has 5 rings (SSSR count). The van der Waals surface area contributed by atoms with E-state index in [1.54, 1.807) is 37.4 Å². The highest BCUT2D eigenvalue weighted by molar-refractivity contribution is 6.04. The second-order valence-electron chi connectivity index (χ2n) is 8.13. The van der Waals surface area contributed by atoms with Gasteiger partial charge in [0, 0.05) is 25.2 Å². The maximum Gasteiger partial charge on any atom is 0.272 e. The van der Waals surface area contributed by atoms with Crippen molar-refractivity contribution in [2.24, 2.45) is 7.05 Å². The van der Waals surface area contributed by atoms with Gasteiger partial charge in [0.05, 0.1) is 17.6 Å². The van der Waals surface area contributed by atoms with Gasteiger partial charge in [0.1, 0.15) is 11.6 Å². The molecule has 0 spiro atoms. The van der Waals surface area contributed by atoms with E-state index in [4.69, 9.17) is 4.98 Å². The topological polar surface area (TPSA) is 93.8 Å². The van der Waals surface area contributed by atoms with Crippen molar-refractivity contribution < 1.29 is 9.59 Å². The van der Waals surface area contributed by atoms with Crippen molar-refractivity contribution in [3.05, 3.63) is 114 Å². The third-order valence-electron chi connectivity index (χ3n) is 5.71. The summed E-state index contributed by atoms with van der Waals surface area (Å²) in [6, 6.07) is 28.5. The summed E-state index contributed by atoms with van der Waals surface area (Å²) in [5, 5.41) is 9.98. The third kappa shape index (κ3) is 4.81. The fraction of sp³-hybridized carbons (Fsp3) is 0.111. The number of carbonyl (C=O) groups is 2. The van der Waals surface area contributed by atoms with E-state index >= 15 is 0 Å². The molecule has 8 nitrogen and oxygen atoms in total. The molecule has 0 atom stereocenters. The second kappa shape index (κ2) is 9.64. The molecule has 2 N–H and O–H groups in total. The summed E-state index contributed by atoms with van der Waals surface area (Å²) in [4.78, 5) is 30.1. The van der Waals surface area contributed by atoms with Crippen LogP contribution in [0.4, 0.5) is 5.82 Å². The monoisotopic (exact) mass is 464 g/mol. The maximum absolute atomic E-state index is 12.9. The SMILES string of the molecule is Cn1nc(C(=O)NCc2nc3ccccc3n2Cc2ccccc2)cc1NC(=O)c1ccccc1. The van der Waals surface area contributed by atoms with E-state index in [0.717, 1.165) is 22.4 Å². The van der Waals surface area contributed by atoms with Gasteiger partial charge < -0.3 is 15.2 Å². The molecule has 2 amide bonds. The van der Waals surface area contributed by atoms with Crippen LogP contribution in [0.2, 0.25) is 0 Å². The van der Waals surface area contributed by atoms with Gasteiger partial charge in [-0.2, -0.15) is 5.10 Å². The minimum Gasteiger partial charge on any atom is -0.343 e. The van der Waals surface area contributed by atoms with Gasteiger partial charge in [-0.3, -0.25) is 14.3 Å². The summed E-state index contributed by atoms with van der Waals surface area (Å²) in [6.45, 7) is 0.883. The number of amides is 2. The highest BCUT2D eigenvalue weighted by atomic mass is 16.2. The van der Waals surface area contributed by atoms with Gasteiger partial charge in [-0.25, -0.2) is 4.98 Å². The Hall–Kier alpha value is -4.72. The third-order valence-corrected chi connectivity index (χ3v) is 5.71. The lowest BCUT2D eigenvalue weighted by Crippen LogP contribution is -2.25. The van der Waals surface area contributed by atoms with Gasteiger partial charge >= 0.3 is 0 Å². The molecule has 0 saturated heterocycles. The first-order valence-corrected chi connectivity index (χ1v) is 11.3. The van der Waals surface area contributed by atoms with Gasteiger partial charge in [-0.15, -0.1) is 0 Å². The molecule has 174 valence electrons. The molecule has 8 heteroatoms. The molecule has 0 aliphatic rings. The van der Waals surface area contributed by atoms with Crippen LogP contribution in [-0.2, 0) is 20.1 Å². The predicted molar refractivity (Wildman–Crippen MR) is 134 cm³/mol. The van der Waals surface area contributed by atoms with Crippen LogP contribution in [0.15, 0.2) is 91.0 Å². The van der Waals surface area contributed by atoms with E-state index in [1.807, 2.05) is 48.5 Å². The number of para-hydroxylation sites is 2. The van der Waals surface area contributed by atoms with Gasteiger partial charge in [-0.1, -0.05) is 60.7 Å². The largest absolute Gasteiger partial charge is 0.343 e. The smallest absolute Gasteiger partial charge is 0.272 e. The van der Waals surface area contributed by atoms with Crippen LogP contribution in [0.3, 0.4) is 0 Å². The number of benzene rings is 3. The minimum atomic E-state index is -0.348. The summed E-state index contributed by atoms with van der Waals surface area (Å²) >= 11 is 0. The first-order valence-electron chi connectivity index (χ1n) is 11.3. The number of hydrogen-bond donors (Lipinski definition) is 2. The van der Waals surface area contributed by atoms with E-state index in [0.29, 0.717) is 17.9 Å². The number of aromatic nitrogens is 4. The lowest BCUT2D eigenvalue weighted by molar-refractivity contribution is 0.0943. The van der Waals surface area contributed by atoms with Crippen LogP contribution in [0.25, 0.3) is 11.0 Å². The number of nitrogens with one attached hydrogen (secondary N) is 2. The molecule has 2 aromatic heterocycles. The molecular weight excluding hydrogens is 440 g/mol. The lowest BCUT2D eigenvalue weighted by atomic mass is 10.2. The van der Waals surface area contributed by atoms with E-state index in [1.165, 1.54) is 4.68 Å². The van der Waals surface area contributed by atoms with Crippen molar-refractivity contribution in [2.45, 2.75) is 13.1 Å². The summed E-state index contributed by atoms with van der Waals surface area (Å²) < 4.78 is 3.58. The van der Waals surface area contributed by atoms with Gasteiger partial charge in [0.15, 0.2) is 5.69 Å². The van der Waals surface area contributed by atoms with E-state index < -0.39 is 0 Å². The van der Waals surface area contributed by atoms with Gasteiger partial charge in [0.25, 0.3) is 11.8 Å². The highest BCUT2D eigenvalue weighted by Crippen LogP contribution is 2.18. The fourth-order valence-electron chi connectivity index (χ4n) is 3.93. The Kier molecular flexibility index (Phi) is 6.09. The van der Waals surface area contributed by atoms with Crippen LogP contribution >= 0.6 is 0 Å². The standard InChI is InChI=1S/C27H24N6O2/c1-32-24(30-26(34)20-12-6-3-7-13-20)16-22(31-32)27(35)28-17-25-29-21-14-8-9-15-23(21)33(25)18-19-10-4-2-5-11-19/h2-16H,17-18H2,1H3,(H,28,35)(H,30,34). The number of fused-ring (bicyclic) bond motifs is 1. The Morgan fingerprint density at radius 1 is 0.857 bits per heavy atom. The zero-order chi connectivity index (χ0) is 24.2. The van der Waals surface area contributed by atoms with E-state index in [9.17, 15) is 9.59 Å². The Morgan fingerprint density at radius 3 is 2.31 bits per heavy atom. The highest BCUT2D eigenvalue weighted by Gasteiger charge is 2.17. The zero-order valence-corrected chi connectivity index (χ0v) is 19.2. The normalized spacial score (nSPS) is 10.9. The number of rotatable bonds is 7. The first kappa shape index (κ1) is 22.1. The predicted octanol–water partition coefficient (Wildman–Crippen LogP) is 4.00. The van der Waals surface area contributed by atoms with Crippen molar-refractivity contribution >= 4 is 28.7 Å². The average Bonchev–Trinajstić information content (AvgIpc) is 3.43. The molecule has 0 aliphatic carbocycles. The van der Waals surface area contributed by atoms with Gasteiger partial charge in [-0.05, 0) is 29.8 Å². The van der Waals surface area contributed by atoms with Crippen molar-refractivity contribution in [1.82, 2.24) is 24.6 Å². The van der Waals surface area contributed by atoms with E-state index in [-0.39, 0.29) is 24.1 Å². The van der Waals surface area contributed by atoms with E-state index in [2.05, 4.69) is 32.4 Å². The number of hydrogen-bond acceptors (Lipinski definition) is 4. The van der Waals surface area contributed by atoms with Crippen LogP contribution < -0.4 is 10.6 Å². The molecule has 0 bridgehead atoms. The Morgan fingerprint density at radius 2 is 1.54 bits per heavy atom. The van der Waals surface area contributed by atoms with Gasteiger partial charge in [0.2, 0.25) is 0 Å². The quantitative estimate of drug-likeness (QED) is 0.381. The number of imidazole rings is 1. The lowest BCUT2D eigenvalue weighted by Gasteiger charge is -2.10. The summed E-state index contributed by atoms with van der Waals surface area (Å²) in [5.74, 6) is 0.562. The van der Waals surface area contributed by atoms with Crippen LogP contribution in [0, 0.1) is 0 Å². The molecule has 0 fully saturated rings. The number of carbonyl (C=O) groups excluding carboxylic acids is 2. The average molecular weight is 465 g/mol. The number of anilines is 1. The van der Waals surface area contributed by atoms with Crippen LogP contribution in [0.1, 0.15) is 32.2 Å². The zero-order valence-electron chi connectivity index (χ0n) is 19.2. The molecule has 2 heterocycles. The second-order valence-corrected chi connectivity index (χ2v) is 8.13. The molecule has 0 unspecified atom stereocenters. The number of aryl methyl sites for hydroxylation is 1. The molecular formula is C27H24N6O2. The Labute approximate surface area is 202 Å². The van der Waals surface area contributed by atoms with Crippen LogP contribution in [-0.4, -0.2) is 31.1 Å². The molecule has 35 heavy (non-hydrogen) atoms. The van der Waals surface area contributed by atoms with Crippen molar-refractivity contribution in [2.75, 3.05) is 5.32 Å². The number of nitrogens with zero attached hydrogens (tertiary/aromatic N) is 4. The Balaban J connectivity index is 1.32. The minimum absolute atomic E-state index is 0.210. The molecule has 0 saturated carbocycles. The van der Waals surface area contributed by atoms with Crippen LogP contribution in [0.5, 0.6) is 0 Å². The summed E-state index contributed by atoms with van der Waals surface area (Å²) in [5.41, 5.74) is 3.76. The molecule has 0 aliphatic heterocycles. The van der Waals surface area contributed by atoms with Crippen molar-refractivity contribution in [3.8, 4) is 0 Å². The fourth-order valence-corrected chi connectivity index (χ4v) is 3.93. The first-order chi connectivity index (χ1) is 17.1. The molecule has 3 aromatic carbocycles. The Bertz CT molecular complexity index is 1490. The summed E-state index contributed by atoms with van der Waals surface area (Å²) in [7, 11) is 1.68. The van der Waals surface area contributed by atoms with Crippen molar-refractivity contribution in [3.63, 3.8) is 0 Å². The van der Waals surface area contributed by atoms with Crippen molar-refractivity contribution in [1.29, 1.82) is 0 Å². The molecule has 5 aromatic rings.